The fourth-order valence-corrected chi connectivity index (χ4v) is 0.869. The van der Waals surface area contributed by atoms with E-state index in [2.05, 4.69) is 0 Å². The van der Waals surface area contributed by atoms with Crippen LogP contribution in [0.5, 0.6) is 0 Å². The molecule has 2 heterocycles. The first-order chi connectivity index (χ1) is 3.97. The first kappa shape index (κ1) is 4.01. The van der Waals surface area contributed by atoms with Crippen LogP contribution in [0.25, 0.3) is 0 Å². The molecule has 0 atom stereocenters. The van der Waals surface area contributed by atoms with Gasteiger partial charge in [-0.1, -0.05) is 0 Å². The van der Waals surface area contributed by atoms with Crippen molar-refractivity contribution in [1.82, 2.24) is 0 Å². The van der Waals surface area contributed by atoms with Crippen LogP contribution in [-0.2, 0) is 9.47 Å². The summed E-state index contributed by atoms with van der Waals surface area (Å²) in [5.74, 6) is 0. The third-order valence-electron chi connectivity index (χ3n) is 1.34. The molecular formula is C6H6O2. The van der Waals surface area contributed by atoms with Gasteiger partial charge in [-0.15, -0.1) is 0 Å². The monoisotopic (exact) mass is 110 g/mol. The zero-order chi connectivity index (χ0) is 5.40. The highest BCUT2D eigenvalue weighted by atomic mass is 16.5. The van der Waals surface area contributed by atoms with Crippen LogP contribution in [0, 0.1) is 0 Å². The van der Waals surface area contributed by atoms with Crippen LogP contribution in [0.2, 0.25) is 0 Å². The second kappa shape index (κ2) is 1.28. The van der Waals surface area contributed by atoms with Crippen LogP contribution < -0.4 is 0 Å². The lowest BCUT2D eigenvalue weighted by molar-refractivity contribution is 0.270. The molecule has 0 aromatic rings. The van der Waals surface area contributed by atoms with Gasteiger partial charge in [0, 0.05) is 11.1 Å². The van der Waals surface area contributed by atoms with Crippen molar-refractivity contribution in [3.05, 3.63) is 23.7 Å². The van der Waals surface area contributed by atoms with E-state index in [1.54, 1.807) is 12.5 Å². The smallest absolute Gasteiger partial charge is 0.116 e. The molecule has 0 unspecified atom stereocenters. The van der Waals surface area contributed by atoms with Crippen LogP contribution in [0.3, 0.4) is 0 Å². The number of hydrogen-bond acceptors (Lipinski definition) is 2. The molecule has 0 fully saturated rings. The summed E-state index contributed by atoms with van der Waals surface area (Å²) in [6.07, 6.45) is 3.53. The van der Waals surface area contributed by atoms with E-state index in [4.69, 9.17) is 9.47 Å². The van der Waals surface area contributed by atoms with E-state index >= 15 is 0 Å². The van der Waals surface area contributed by atoms with Crippen molar-refractivity contribution in [1.29, 1.82) is 0 Å². The second-order valence-electron chi connectivity index (χ2n) is 1.91. The van der Waals surface area contributed by atoms with Gasteiger partial charge in [0.05, 0.1) is 12.5 Å². The summed E-state index contributed by atoms with van der Waals surface area (Å²) in [5, 5.41) is 0. The Balaban J connectivity index is 2.37. The average Bonchev–Trinajstić information content (AvgIpc) is 2.15. The van der Waals surface area contributed by atoms with Gasteiger partial charge < -0.3 is 9.47 Å². The molecule has 42 valence electrons. The van der Waals surface area contributed by atoms with E-state index in [1.165, 1.54) is 11.1 Å². The van der Waals surface area contributed by atoms with Gasteiger partial charge in [0.25, 0.3) is 0 Å². The number of hydrogen-bond donors (Lipinski definition) is 0. The van der Waals surface area contributed by atoms with Crippen molar-refractivity contribution in [2.75, 3.05) is 13.2 Å². The zero-order valence-corrected chi connectivity index (χ0v) is 4.39. The van der Waals surface area contributed by atoms with Crippen molar-refractivity contribution in [2.45, 2.75) is 0 Å². The number of rotatable bonds is 0. The van der Waals surface area contributed by atoms with Crippen molar-refractivity contribution in [3.63, 3.8) is 0 Å². The molecule has 0 saturated heterocycles. The Bertz CT molecular complexity index is 147. The minimum atomic E-state index is 0.704. The van der Waals surface area contributed by atoms with Crippen LogP contribution in [-0.4, -0.2) is 13.2 Å². The van der Waals surface area contributed by atoms with Crippen LogP contribution in [0.1, 0.15) is 0 Å². The van der Waals surface area contributed by atoms with Gasteiger partial charge >= 0.3 is 0 Å². The summed E-state index contributed by atoms with van der Waals surface area (Å²) in [7, 11) is 0. The molecule has 0 bridgehead atoms. The average molecular weight is 110 g/mol. The van der Waals surface area contributed by atoms with Crippen molar-refractivity contribution >= 4 is 0 Å². The van der Waals surface area contributed by atoms with Gasteiger partial charge in [-0.05, 0) is 0 Å². The highest BCUT2D eigenvalue weighted by Crippen LogP contribution is 2.22. The van der Waals surface area contributed by atoms with Crippen molar-refractivity contribution in [2.24, 2.45) is 0 Å². The molecule has 0 amide bonds. The minimum Gasteiger partial charge on any atom is -0.496 e. The van der Waals surface area contributed by atoms with Gasteiger partial charge in [-0.2, -0.15) is 0 Å². The van der Waals surface area contributed by atoms with Crippen LogP contribution in [0.15, 0.2) is 23.7 Å². The van der Waals surface area contributed by atoms with Crippen molar-refractivity contribution in [3.8, 4) is 0 Å². The topological polar surface area (TPSA) is 18.5 Å². The van der Waals surface area contributed by atoms with Gasteiger partial charge in [0.1, 0.15) is 13.2 Å². The van der Waals surface area contributed by atoms with E-state index in [1.807, 2.05) is 0 Å². The Kier molecular flexibility index (Phi) is 0.640. The molecule has 0 aromatic heterocycles. The van der Waals surface area contributed by atoms with E-state index in [0.29, 0.717) is 13.2 Å². The Labute approximate surface area is 47.4 Å². The molecule has 0 aliphatic carbocycles. The summed E-state index contributed by atoms with van der Waals surface area (Å²) >= 11 is 0. The van der Waals surface area contributed by atoms with E-state index in [0.717, 1.165) is 0 Å². The standard InChI is InChI=1S/C6H6O2/c1-5-2-8-4-6(5)3-7-1/h1,4H,2-3H2. The molecule has 0 saturated carbocycles. The lowest BCUT2D eigenvalue weighted by Crippen LogP contribution is -1.82. The molecule has 0 radical (unpaired) electrons. The normalized spacial score (nSPS) is 23.0. The summed E-state index contributed by atoms with van der Waals surface area (Å²) in [6, 6.07) is 0. The number of ether oxygens (including phenoxy) is 2. The Hall–Kier alpha value is -0.920. The van der Waals surface area contributed by atoms with Crippen LogP contribution in [0.4, 0.5) is 0 Å². The minimum absolute atomic E-state index is 0.704. The molecule has 0 aromatic carbocycles. The number of fused-ring (bicyclic) bond motifs is 1. The maximum atomic E-state index is 5.00. The molecule has 2 rings (SSSR count). The maximum absolute atomic E-state index is 5.00. The van der Waals surface area contributed by atoms with Crippen LogP contribution >= 0.6 is 0 Å². The fraction of sp³-hybridized carbons (Fsp3) is 0.333. The lowest BCUT2D eigenvalue weighted by Gasteiger charge is -1.86. The molecule has 2 nitrogen and oxygen atoms in total. The molecule has 2 heteroatoms. The largest absolute Gasteiger partial charge is 0.496 e. The Morgan fingerprint density at radius 1 is 1.00 bits per heavy atom. The molecular weight excluding hydrogens is 104 g/mol. The SMILES string of the molecule is C1=C2COC=C2CO1. The summed E-state index contributed by atoms with van der Waals surface area (Å²) in [6.45, 7) is 1.41. The molecule has 8 heavy (non-hydrogen) atoms. The second-order valence-corrected chi connectivity index (χ2v) is 1.91. The van der Waals surface area contributed by atoms with E-state index in [-0.39, 0.29) is 0 Å². The first-order valence-electron chi connectivity index (χ1n) is 2.58. The predicted octanol–water partition coefficient (Wildman–Crippen LogP) is 0.815. The lowest BCUT2D eigenvalue weighted by atomic mass is 10.2. The fourth-order valence-electron chi connectivity index (χ4n) is 0.869. The zero-order valence-electron chi connectivity index (χ0n) is 4.39. The quantitative estimate of drug-likeness (QED) is 0.459. The molecule has 0 N–H and O–H groups in total. The third kappa shape index (κ3) is 0.372. The van der Waals surface area contributed by atoms with Gasteiger partial charge in [0.2, 0.25) is 0 Å². The maximum Gasteiger partial charge on any atom is 0.116 e. The highest BCUT2D eigenvalue weighted by molar-refractivity contribution is 5.35. The summed E-state index contributed by atoms with van der Waals surface area (Å²) in [4.78, 5) is 0. The Morgan fingerprint density at radius 2 is 1.50 bits per heavy atom. The summed E-state index contributed by atoms with van der Waals surface area (Å²) < 4.78 is 10.0. The predicted molar refractivity (Wildman–Crippen MR) is 28.1 cm³/mol. The van der Waals surface area contributed by atoms with Crippen molar-refractivity contribution < 1.29 is 9.47 Å². The summed E-state index contributed by atoms with van der Waals surface area (Å²) in [5.41, 5.74) is 2.40. The van der Waals surface area contributed by atoms with Gasteiger partial charge in [-0.25, -0.2) is 0 Å². The van der Waals surface area contributed by atoms with E-state index < -0.39 is 0 Å². The van der Waals surface area contributed by atoms with E-state index in [9.17, 15) is 0 Å². The first-order valence-corrected chi connectivity index (χ1v) is 2.58. The molecule has 2 aliphatic rings. The third-order valence-corrected chi connectivity index (χ3v) is 1.34. The highest BCUT2D eigenvalue weighted by Gasteiger charge is 2.17. The van der Waals surface area contributed by atoms with Gasteiger partial charge in [0.15, 0.2) is 0 Å². The molecule has 2 aliphatic heterocycles. The Morgan fingerprint density at radius 3 is 2.00 bits per heavy atom. The molecule has 0 spiro atoms. The van der Waals surface area contributed by atoms with Gasteiger partial charge in [-0.3, -0.25) is 0 Å².